The van der Waals surface area contributed by atoms with Gasteiger partial charge in [-0.25, -0.2) is 18.4 Å². The van der Waals surface area contributed by atoms with Crippen LogP contribution in [0.2, 0.25) is 0 Å². The molecule has 5 fully saturated rings. The number of hydrogen-bond acceptors (Lipinski definition) is 17. The van der Waals surface area contributed by atoms with Crippen molar-refractivity contribution in [3.05, 3.63) is 112 Å². The van der Waals surface area contributed by atoms with Crippen LogP contribution in [0.15, 0.2) is 95.2 Å². The number of aryl methyl sites for hydroxylation is 1. The van der Waals surface area contributed by atoms with E-state index in [-0.39, 0.29) is 75.0 Å². The lowest BCUT2D eigenvalue weighted by atomic mass is 9.59. The smallest absolute Gasteiger partial charge is 0.297 e. The number of hydrogen-bond donors (Lipinski definition) is 3. The Morgan fingerprint density at radius 2 is 1.74 bits per heavy atom. The van der Waals surface area contributed by atoms with E-state index in [0.29, 0.717) is 62.4 Å². The van der Waals surface area contributed by atoms with Gasteiger partial charge in [0.1, 0.15) is 41.1 Å². The average molecular weight is 1050 g/mol. The molecule has 3 aromatic heterocycles. The number of sulfone groups is 1. The van der Waals surface area contributed by atoms with Crippen LogP contribution in [0.1, 0.15) is 72.5 Å². The van der Waals surface area contributed by atoms with E-state index in [2.05, 4.69) is 66.2 Å². The van der Waals surface area contributed by atoms with Gasteiger partial charge in [0.15, 0.2) is 11.4 Å². The molecule has 7 aliphatic rings. The van der Waals surface area contributed by atoms with Crippen molar-refractivity contribution in [2.24, 2.45) is 17.1 Å². The fourth-order valence-electron chi connectivity index (χ4n) is 13.4. The fourth-order valence-corrected chi connectivity index (χ4v) is 15.1. The van der Waals surface area contributed by atoms with E-state index in [1.807, 2.05) is 23.1 Å². The zero-order valence-corrected chi connectivity index (χ0v) is 43.1. The number of nitrogens with zero attached hydrogens (tertiary/aromatic N) is 8. The van der Waals surface area contributed by atoms with Crippen LogP contribution in [0.25, 0.3) is 11.0 Å². The number of ether oxygens (including phenoxy) is 4. The normalized spacial score (nSPS) is 23.9. The number of nitro groups is 1. The third-order valence-corrected chi connectivity index (χ3v) is 19.3. The molecule has 1 aliphatic carbocycles. The zero-order chi connectivity index (χ0) is 51.9. The Kier molecular flexibility index (Phi) is 12.3. The number of fused-ring (bicyclic) bond motifs is 4. The van der Waals surface area contributed by atoms with Gasteiger partial charge >= 0.3 is 0 Å². The highest BCUT2D eigenvalue weighted by Crippen LogP contribution is 2.56. The number of anilines is 5. The van der Waals surface area contributed by atoms with Crippen molar-refractivity contribution in [3.63, 3.8) is 0 Å². The zero-order valence-electron chi connectivity index (χ0n) is 42.3. The van der Waals surface area contributed by atoms with Crippen molar-refractivity contribution in [1.29, 1.82) is 0 Å². The van der Waals surface area contributed by atoms with E-state index < -0.39 is 38.5 Å². The standard InChI is InChI=1S/C55H61N11O9S/c1-33-4-2-3-5-38(33)45-29-63(48-9-15-57-32-59-48)19-20-64(45)36-27-55(28-36)13-17-62(18-14-55)42-7-6-39(52(56)67)50(65-41-12-23-73-31-47(41)75-54-44(65)24-35-8-16-58-53(35)61-54)51(42)76(70,71)37-25-43(66(68)69)49-46(26-37)74-30-40(60-49)34-10-21-72-22-11-34/h2-9,15-16,24-26,32,34,36,40-41,45,47,60H,10-14,17-23,27-31H2,1H3,(H2,56,67)(H,58,61)/t40-,41-,45-,47-/m0/s1. The molecule has 9 heterocycles. The van der Waals surface area contributed by atoms with Crippen LogP contribution >= 0.6 is 0 Å². The molecule has 4 atom stereocenters. The molecule has 0 bridgehead atoms. The summed E-state index contributed by atoms with van der Waals surface area (Å²) in [5.74, 6) is 0.524. The second-order valence-corrected chi connectivity index (χ2v) is 23.5. The lowest BCUT2D eigenvalue weighted by molar-refractivity contribution is -0.384. The number of H-pyrrole nitrogens is 1. The van der Waals surface area contributed by atoms with E-state index in [1.165, 1.54) is 17.2 Å². The molecule has 3 aromatic carbocycles. The Morgan fingerprint density at radius 3 is 2.51 bits per heavy atom. The number of carbonyl (C=O) groups is 1. The first-order valence-electron chi connectivity index (χ1n) is 26.5. The summed E-state index contributed by atoms with van der Waals surface area (Å²) in [6.07, 6.45) is 10.1. The van der Waals surface area contributed by atoms with Crippen LogP contribution in [-0.4, -0.2) is 134 Å². The van der Waals surface area contributed by atoms with Crippen molar-refractivity contribution in [3.8, 4) is 11.6 Å². The van der Waals surface area contributed by atoms with Gasteiger partial charge < -0.3 is 49.7 Å². The first kappa shape index (κ1) is 48.6. The van der Waals surface area contributed by atoms with E-state index in [9.17, 15) is 14.9 Å². The molecule has 1 saturated carbocycles. The number of nitrogens with two attached hydrogens (primary N) is 1. The maximum atomic E-state index is 16.2. The van der Waals surface area contributed by atoms with Gasteiger partial charge in [-0.05, 0) is 105 Å². The summed E-state index contributed by atoms with van der Waals surface area (Å²) in [5.41, 5.74) is 10.1. The molecule has 4 N–H and O–H groups in total. The summed E-state index contributed by atoms with van der Waals surface area (Å²) < 4.78 is 56.8. The number of aromatic nitrogens is 4. The molecule has 4 saturated heterocycles. The predicted octanol–water partition coefficient (Wildman–Crippen LogP) is 7.10. The number of pyridine rings is 1. The quantitative estimate of drug-likeness (QED) is 0.0916. The van der Waals surface area contributed by atoms with E-state index in [4.69, 9.17) is 29.7 Å². The number of nitro benzene ring substituents is 1. The number of nitrogens with one attached hydrogen (secondary N) is 2. The minimum Gasteiger partial charge on any atom is -0.489 e. The molecular weight excluding hydrogens is 991 g/mol. The van der Waals surface area contributed by atoms with E-state index >= 15 is 8.42 Å². The Balaban J connectivity index is 0.881. The third kappa shape index (κ3) is 8.42. The largest absolute Gasteiger partial charge is 0.489 e. The van der Waals surface area contributed by atoms with Gasteiger partial charge in [0, 0.05) is 88.5 Å². The Bertz CT molecular complexity index is 3340. The first-order chi connectivity index (χ1) is 36.9. The van der Waals surface area contributed by atoms with Crippen molar-refractivity contribution in [1.82, 2.24) is 24.8 Å². The van der Waals surface area contributed by atoms with E-state index in [1.54, 1.807) is 30.9 Å². The van der Waals surface area contributed by atoms with Gasteiger partial charge in [-0.1, -0.05) is 24.3 Å². The number of carbonyl (C=O) groups excluding carboxylic acids is 1. The van der Waals surface area contributed by atoms with Gasteiger partial charge in [-0.15, -0.1) is 0 Å². The number of rotatable bonds is 10. The Labute approximate surface area is 439 Å². The third-order valence-electron chi connectivity index (χ3n) is 17.5. The van der Waals surface area contributed by atoms with Crippen LogP contribution in [-0.2, 0) is 19.3 Å². The molecule has 6 aromatic rings. The van der Waals surface area contributed by atoms with Gasteiger partial charge in [-0.3, -0.25) is 19.8 Å². The molecule has 20 nitrogen and oxygen atoms in total. The Morgan fingerprint density at radius 1 is 0.921 bits per heavy atom. The molecule has 13 rings (SSSR count). The fraction of sp³-hybridized carbons (Fsp3) is 0.455. The summed E-state index contributed by atoms with van der Waals surface area (Å²) in [7, 11) is -4.79. The maximum absolute atomic E-state index is 16.2. The molecule has 0 radical (unpaired) electrons. The van der Waals surface area contributed by atoms with Crippen LogP contribution in [0.5, 0.6) is 11.6 Å². The second-order valence-electron chi connectivity index (χ2n) is 21.6. The topological polar surface area (TPSA) is 237 Å². The maximum Gasteiger partial charge on any atom is 0.297 e. The SMILES string of the molecule is Cc1ccccc1[C@@H]1CN(c2ccncn2)CCN1C1CC2(CCN(c3ccc(C(N)=O)c(N4c5cc6cc[nH]c6nc5O[C@H]5COCC[C@@H]54)c3S(=O)(=O)c3cc4c(c([N+](=O)[O-])c3)N[C@H](C3CCOCC3)CO4)CC2)C1. The van der Waals surface area contributed by atoms with Crippen molar-refractivity contribution in [2.45, 2.75) is 91.9 Å². The highest BCUT2D eigenvalue weighted by Gasteiger charge is 2.51. The van der Waals surface area contributed by atoms with E-state index in [0.717, 1.165) is 75.4 Å². The second kappa shape index (κ2) is 19.2. The number of amides is 1. The number of primary amides is 1. The Hall–Kier alpha value is -7.07. The van der Waals surface area contributed by atoms with Crippen LogP contribution < -0.4 is 35.2 Å². The van der Waals surface area contributed by atoms with Crippen LogP contribution in [0.4, 0.5) is 34.3 Å². The predicted molar refractivity (Wildman–Crippen MR) is 284 cm³/mol. The van der Waals surface area contributed by atoms with Gasteiger partial charge in [0.2, 0.25) is 15.7 Å². The minimum absolute atomic E-state index is 0.0300. The molecule has 21 heteroatoms. The van der Waals surface area contributed by atoms with Crippen molar-refractivity contribution < 1.29 is 37.1 Å². The number of aromatic amines is 1. The summed E-state index contributed by atoms with van der Waals surface area (Å²) in [4.78, 5) is 51.8. The van der Waals surface area contributed by atoms with Crippen LogP contribution in [0.3, 0.4) is 0 Å². The summed E-state index contributed by atoms with van der Waals surface area (Å²) in [6, 6.07) is 19.9. The minimum atomic E-state index is -4.79. The van der Waals surface area contributed by atoms with Gasteiger partial charge in [0.25, 0.3) is 11.6 Å². The van der Waals surface area contributed by atoms with Crippen molar-refractivity contribution in [2.75, 3.05) is 85.8 Å². The molecule has 1 amide bonds. The highest BCUT2D eigenvalue weighted by atomic mass is 32.2. The number of piperazine rings is 1. The molecule has 1 spiro atoms. The molecule has 76 heavy (non-hydrogen) atoms. The lowest BCUT2D eigenvalue weighted by Gasteiger charge is -2.58. The summed E-state index contributed by atoms with van der Waals surface area (Å²) in [5, 5.41) is 17.2. The summed E-state index contributed by atoms with van der Waals surface area (Å²) >= 11 is 0. The van der Waals surface area contributed by atoms with Gasteiger partial charge in [-0.2, -0.15) is 4.98 Å². The van der Waals surface area contributed by atoms with Gasteiger partial charge in [0.05, 0.1) is 51.5 Å². The molecular formula is C55H61N11O9S. The summed E-state index contributed by atoms with van der Waals surface area (Å²) in [6.45, 7) is 7.66. The monoisotopic (exact) mass is 1050 g/mol. The highest BCUT2D eigenvalue weighted by molar-refractivity contribution is 7.91. The molecule has 6 aliphatic heterocycles. The number of benzene rings is 3. The molecule has 0 unspecified atom stereocenters. The lowest BCUT2D eigenvalue weighted by Crippen LogP contribution is -2.60. The van der Waals surface area contributed by atoms with Crippen LogP contribution in [0, 0.1) is 28.4 Å². The molecule has 396 valence electrons. The number of piperidine rings is 1. The first-order valence-corrected chi connectivity index (χ1v) is 28.0. The van der Waals surface area contributed by atoms with Crippen molar-refractivity contribution >= 4 is 61.0 Å². The average Bonchev–Trinajstić information content (AvgIpc) is 4.05.